The Bertz CT molecular complexity index is 1700. The third kappa shape index (κ3) is 7.02. The number of benzene rings is 2. The van der Waals surface area contributed by atoms with E-state index in [-0.39, 0.29) is 34.5 Å². The van der Waals surface area contributed by atoms with Crippen LogP contribution in [0.4, 0.5) is 4.39 Å². The minimum Gasteiger partial charge on any atom is -0.506 e. The number of ether oxygens (including phenoxy) is 1. The van der Waals surface area contributed by atoms with Crippen molar-refractivity contribution in [2.75, 3.05) is 45.9 Å². The summed E-state index contributed by atoms with van der Waals surface area (Å²) in [5.74, 6) is -0.312. The lowest BCUT2D eigenvalue weighted by molar-refractivity contribution is -0.127. The van der Waals surface area contributed by atoms with E-state index in [0.717, 1.165) is 48.4 Å². The average Bonchev–Trinajstić information content (AvgIpc) is 3.62. The topological polar surface area (TPSA) is 118 Å². The number of phenols is 1. The van der Waals surface area contributed by atoms with Crippen LogP contribution in [0.15, 0.2) is 47.3 Å². The lowest BCUT2D eigenvalue weighted by Crippen LogP contribution is -2.57. The number of rotatable bonds is 9. The first-order valence-electron chi connectivity index (χ1n) is 14.6. The Hall–Kier alpha value is -2.84. The molecule has 2 saturated heterocycles. The Morgan fingerprint density at radius 2 is 1.93 bits per heavy atom. The number of nitrogens with zero attached hydrogens (tertiary/aromatic N) is 2. The van der Waals surface area contributed by atoms with Gasteiger partial charge in [0.25, 0.3) is 5.91 Å². The van der Waals surface area contributed by atoms with Crippen LogP contribution in [0, 0.1) is 5.82 Å². The number of thiazole rings is 1. The number of thiophene rings is 1. The molecule has 1 atom stereocenters. The summed E-state index contributed by atoms with van der Waals surface area (Å²) in [6, 6.07) is 11.7. The smallest absolute Gasteiger partial charge is 0.305 e. The summed E-state index contributed by atoms with van der Waals surface area (Å²) >= 11 is 8.29. The summed E-state index contributed by atoms with van der Waals surface area (Å²) in [5.41, 5.74) is 2.30. The first-order chi connectivity index (χ1) is 21.2. The van der Waals surface area contributed by atoms with Crippen LogP contribution < -0.4 is 10.2 Å². The zero-order valence-electron chi connectivity index (χ0n) is 24.0. The van der Waals surface area contributed by atoms with E-state index < -0.39 is 6.10 Å². The first-order valence-corrected chi connectivity index (χ1v) is 16.6. The van der Waals surface area contributed by atoms with Crippen LogP contribution >= 0.6 is 34.3 Å². The number of H-pyrrole nitrogens is 1. The van der Waals surface area contributed by atoms with Crippen molar-refractivity contribution in [1.29, 1.82) is 0 Å². The summed E-state index contributed by atoms with van der Waals surface area (Å²) < 4.78 is 22.0. The number of morpholine rings is 1. The number of carbonyl (C=O) groups excluding carboxylic acids is 1. The van der Waals surface area contributed by atoms with Gasteiger partial charge in [0.05, 0.1) is 38.8 Å². The number of halogens is 2. The van der Waals surface area contributed by atoms with E-state index in [1.54, 1.807) is 24.3 Å². The molecule has 2 aliphatic heterocycles. The molecule has 234 valence electrons. The van der Waals surface area contributed by atoms with E-state index in [9.17, 15) is 24.2 Å². The maximum Gasteiger partial charge on any atom is 0.305 e. The highest BCUT2D eigenvalue weighted by Gasteiger charge is 2.41. The molecule has 44 heavy (non-hydrogen) atoms. The average molecular weight is 661 g/mol. The molecule has 1 spiro atoms. The largest absolute Gasteiger partial charge is 0.506 e. The van der Waals surface area contributed by atoms with Crippen molar-refractivity contribution in [2.24, 2.45) is 0 Å². The van der Waals surface area contributed by atoms with Crippen molar-refractivity contribution in [2.45, 2.75) is 37.5 Å². The fraction of sp³-hybridized carbons (Fsp3) is 0.419. The second-order valence-electron chi connectivity index (χ2n) is 11.5. The van der Waals surface area contributed by atoms with E-state index in [1.807, 2.05) is 11.0 Å². The Morgan fingerprint density at radius 3 is 2.70 bits per heavy atom. The van der Waals surface area contributed by atoms with E-state index in [1.165, 1.54) is 23.5 Å². The van der Waals surface area contributed by atoms with Gasteiger partial charge >= 0.3 is 4.87 Å². The monoisotopic (exact) mass is 660 g/mol. The number of fused-ring (bicyclic) bond motifs is 1. The van der Waals surface area contributed by atoms with Crippen molar-refractivity contribution < 1.29 is 24.1 Å². The third-order valence-corrected chi connectivity index (χ3v) is 10.5. The van der Waals surface area contributed by atoms with Crippen molar-refractivity contribution in [3.8, 4) is 5.75 Å². The van der Waals surface area contributed by atoms with Gasteiger partial charge in [-0.3, -0.25) is 14.5 Å². The molecule has 1 unspecified atom stereocenters. The Kier molecular flexibility index (Phi) is 9.39. The molecule has 4 heterocycles. The molecule has 1 amide bonds. The summed E-state index contributed by atoms with van der Waals surface area (Å²) in [6.45, 7) is 4.61. The molecule has 13 heteroatoms. The molecule has 0 bridgehead atoms. The molecule has 0 radical (unpaired) electrons. The van der Waals surface area contributed by atoms with Gasteiger partial charge in [-0.2, -0.15) is 0 Å². The minimum atomic E-state index is -0.873. The van der Waals surface area contributed by atoms with Crippen molar-refractivity contribution >= 4 is 50.4 Å². The number of aromatic hydroxyl groups is 1. The Morgan fingerprint density at radius 1 is 1.14 bits per heavy atom. The highest BCUT2D eigenvalue weighted by Crippen LogP contribution is 2.33. The number of aliphatic hydroxyl groups excluding tert-OH is 1. The van der Waals surface area contributed by atoms with Crippen molar-refractivity contribution in [3.63, 3.8) is 0 Å². The van der Waals surface area contributed by atoms with Gasteiger partial charge in [-0.25, -0.2) is 4.39 Å². The van der Waals surface area contributed by atoms with Gasteiger partial charge in [0.2, 0.25) is 0 Å². The van der Waals surface area contributed by atoms with Crippen LogP contribution in [0.5, 0.6) is 5.75 Å². The molecule has 0 saturated carbocycles. The van der Waals surface area contributed by atoms with Gasteiger partial charge in [0.1, 0.15) is 17.1 Å². The SMILES string of the molecule is O=C(c1ccc(Cl)s1)N1CCOC2(CCN(Cc3cc(F)cc(CCNCC(O)c4ccc(O)c5[nH]c(=O)sc45)c3)CC2)C1. The van der Waals surface area contributed by atoms with Crippen LogP contribution in [0.3, 0.4) is 0 Å². The number of aliphatic hydroxyl groups is 1. The standard InChI is InChI=1S/C31H34ClFN4O5S2/c32-26-4-3-25(43-26)29(40)37-11-12-42-31(18-37)6-9-36(10-7-31)17-20-13-19(14-21(33)15-20)5-8-34-16-24(39)22-1-2-23(38)27-28(22)44-30(41)35-27/h1-4,13-15,24,34,38-39H,5-12,16-18H2,(H,35,41). The summed E-state index contributed by atoms with van der Waals surface area (Å²) in [6.07, 6.45) is 1.30. The van der Waals surface area contributed by atoms with Crippen LogP contribution in [-0.4, -0.2) is 82.4 Å². The summed E-state index contributed by atoms with van der Waals surface area (Å²) in [5, 5.41) is 23.9. The third-order valence-electron chi connectivity index (χ3n) is 8.39. The number of amides is 1. The summed E-state index contributed by atoms with van der Waals surface area (Å²) in [7, 11) is 0. The highest BCUT2D eigenvalue weighted by atomic mass is 35.5. The predicted octanol–water partition coefficient (Wildman–Crippen LogP) is 4.52. The number of nitrogens with one attached hydrogen (secondary N) is 2. The number of piperidine rings is 1. The van der Waals surface area contributed by atoms with Crippen LogP contribution in [0.25, 0.3) is 10.2 Å². The molecule has 9 nitrogen and oxygen atoms in total. The number of likely N-dealkylation sites (tertiary alicyclic amines) is 1. The van der Waals surface area contributed by atoms with Gasteiger partial charge in [-0.05, 0) is 67.3 Å². The molecule has 0 aliphatic carbocycles. The van der Waals surface area contributed by atoms with Gasteiger partial charge in [0.15, 0.2) is 0 Å². The minimum absolute atomic E-state index is 0.0000501. The molecule has 2 aliphatic rings. The molecule has 2 fully saturated rings. The zero-order valence-corrected chi connectivity index (χ0v) is 26.4. The van der Waals surface area contributed by atoms with Gasteiger partial charge < -0.3 is 30.2 Å². The normalized spacial score (nSPS) is 17.8. The Labute approximate surface area is 266 Å². The predicted molar refractivity (Wildman–Crippen MR) is 170 cm³/mol. The first kappa shape index (κ1) is 31.2. The van der Waals surface area contributed by atoms with Crippen LogP contribution in [0.2, 0.25) is 4.34 Å². The number of hydrogen-bond acceptors (Lipinski definition) is 9. The molecule has 2 aromatic carbocycles. The Balaban J connectivity index is 0.992. The maximum atomic E-state index is 14.6. The fourth-order valence-corrected chi connectivity index (χ4v) is 8.05. The number of carbonyl (C=O) groups is 1. The molecule has 6 rings (SSSR count). The summed E-state index contributed by atoms with van der Waals surface area (Å²) in [4.78, 5) is 31.9. The second-order valence-corrected chi connectivity index (χ2v) is 14.2. The molecule has 4 N–H and O–H groups in total. The fourth-order valence-electron chi connectivity index (χ4n) is 6.12. The molecular formula is C31H34ClFN4O5S2. The lowest BCUT2D eigenvalue weighted by Gasteiger charge is -2.47. The number of hydrogen-bond donors (Lipinski definition) is 4. The van der Waals surface area contributed by atoms with E-state index >= 15 is 0 Å². The van der Waals surface area contributed by atoms with Crippen molar-refractivity contribution in [1.82, 2.24) is 20.1 Å². The van der Waals surface area contributed by atoms with Gasteiger partial charge in [-0.1, -0.05) is 35.1 Å². The molecule has 2 aromatic heterocycles. The zero-order chi connectivity index (χ0) is 30.8. The van der Waals surface area contributed by atoms with Crippen LogP contribution in [-0.2, 0) is 17.7 Å². The highest BCUT2D eigenvalue weighted by molar-refractivity contribution is 7.18. The van der Waals surface area contributed by atoms with Crippen molar-refractivity contribution in [3.05, 3.63) is 83.9 Å². The number of aromatic nitrogens is 1. The van der Waals surface area contributed by atoms with Gasteiger partial charge in [0, 0.05) is 38.3 Å². The molecule has 4 aromatic rings. The van der Waals surface area contributed by atoms with E-state index in [2.05, 4.69) is 15.2 Å². The van der Waals surface area contributed by atoms with E-state index in [0.29, 0.717) is 64.2 Å². The van der Waals surface area contributed by atoms with Gasteiger partial charge in [-0.15, -0.1) is 11.3 Å². The molecular weight excluding hydrogens is 627 g/mol. The quantitative estimate of drug-likeness (QED) is 0.195. The maximum absolute atomic E-state index is 14.6. The second kappa shape index (κ2) is 13.3. The number of aromatic amines is 1. The van der Waals surface area contributed by atoms with E-state index in [4.69, 9.17) is 16.3 Å². The lowest BCUT2D eigenvalue weighted by atomic mass is 9.89. The van der Waals surface area contributed by atoms with Crippen LogP contribution in [0.1, 0.15) is 45.3 Å². The number of phenolic OH excluding ortho intramolecular Hbond substituents is 1.